The first kappa shape index (κ1) is 23.5. The van der Waals surface area contributed by atoms with Gasteiger partial charge in [0.05, 0.1) is 17.6 Å². The number of hydrogen-bond donors (Lipinski definition) is 1. The fourth-order valence-corrected chi connectivity index (χ4v) is 4.08. The van der Waals surface area contributed by atoms with Crippen LogP contribution in [0.3, 0.4) is 0 Å². The molecular weight excluding hydrogens is 434 g/mol. The number of ether oxygens (including phenoxy) is 2. The Morgan fingerprint density at radius 3 is 2.47 bits per heavy atom. The monoisotopic (exact) mass is 463 g/mol. The Balaban J connectivity index is 1.47. The molecule has 1 aliphatic heterocycles. The molecule has 0 spiro atoms. The third kappa shape index (κ3) is 4.97. The SMILES string of the molecule is CC(C)(C)OC(=O)n1ccc2ccc(C(=O)C3CCN(C(=O)OCc4ccccc4)[C@H]3N)cc21. The van der Waals surface area contributed by atoms with Crippen molar-refractivity contribution in [1.29, 1.82) is 0 Å². The molecule has 1 unspecified atom stereocenters. The zero-order valence-electron chi connectivity index (χ0n) is 19.6. The minimum atomic E-state index is -0.788. The number of ketones is 1. The quantitative estimate of drug-likeness (QED) is 0.569. The van der Waals surface area contributed by atoms with Crippen LogP contribution < -0.4 is 5.73 Å². The number of Topliss-reactive ketones (excluding diaryl/α,β-unsaturated/α-hetero) is 1. The summed E-state index contributed by atoms with van der Waals surface area (Å²) in [6.45, 7) is 5.86. The zero-order chi connectivity index (χ0) is 24.5. The summed E-state index contributed by atoms with van der Waals surface area (Å²) in [6.07, 6.45) is 0.215. The van der Waals surface area contributed by atoms with Crippen molar-refractivity contribution in [3.05, 3.63) is 71.9 Å². The van der Waals surface area contributed by atoms with Gasteiger partial charge in [0.25, 0.3) is 0 Å². The number of benzene rings is 2. The smallest absolute Gasteiger partial charge is 0.418 e. The Bertz CT molecular complexity index is 1210. The number of rotatable bonds is 4. The molecule has 1 amide bonds. The molecular formula is C26H29N3O5. The molecule has 1 fully saturated rings. The number of fused-ring (bicyclic) bond motifs is 1. The maximum Gasteiger partial charge on any atom is 0.418 e. The van der Waals surface area contributed by atoms with E-state index in [4.69, 9.17) is 15.2 Å². The van der Waals surface area contributed by atoms with E-state index in [1.54, 1.807) is 51.2 Å². The molecule has 2 aromatic carbocycles. The summed E-state index contributed by atoms with van der Waals surface area (Å²) in [5, 5.41) is 0.809. The number of hydrogen-bond acceptors (Lipinski definition) is 6. The third-order valence-corrected chi connectivity index (χ3v) is 5.80. The van der Waals surface area contributed by atoms with E-state index in [9.17, 15) is 14.4 Å². The number of likely N-dealkylation sites (tertiary alicyclic amines) is 1. The summed E-state index contributed by atoms with van der Waals surface area (Å²) in [4.78, 5) is 39.8. The van der Waals surface area contributed by atoms with Crippen molar-refractivity contribution in [1.82, 2.24) is 9.47 Å². The Labute approximate surface area is 198 Å². The number of nitrogens with two attached hydrogens (primary N) is 1. The standard InChI is InChI=1S/C26H29N3O5/c1-26(2,3)34-25(32)28-13-11-18-9-10-19(15-21(18)28)22(30)20-12-14-29(23(20)27)24(31)33-16-17-7-5-4-6-8-17/h4-11,13,15,20,23H,12,14,16,27H2,1-3H3/t20?,23-/m1/s1. The molecule has 0 aliphatic carbocycles. The lowest BCUT2D eigenvalue weighted by Crippen LogP contribution is -2.46. The predicted octanol–water partition coefficient (Wildman–Crippen LogP) is 4.55. The van der Waals surface area contributed by atoms with Gasteiger partial charge in [-0.15, -0.1) is 0 Å². The van der Waals surface area contributed by atoms with Crippen LogP contribution in [0.25, 0.3) is 10.9 Å². The van der Waals surface area contributed by atoms with Gasteiger partial charge < -0.3 is 15.2 Å². The van der Waals surface area contributed by atoms with Gasteiger partial charge in [0.2, 0.25) is 0 Å². The molecule has 3 aromatic rings. The van der Waals surface area contributed by atoms with Crippen molar-refractivity contribution in [3.8, 4) is 0 Å². The van der Waals surface area contributed by atoms with Crippen molar-refractivity contribution in [2.24, 2.45) is 11.7 Å². The van der Waals surface area contributed by atoms with E-state index in [1.165, 1.54) is 9.47 Å². The number of amides is 1. The average Bonchev–Trinajstić information content (AvgIpc) is 3.39. The normalized spacial score (nSPS) is 18.2. The van der Waals surface area contributed by atoms with Crippen molar-refractivity contribution in [3.63, 3.8) is 0 Å². The molecule has 2 atom stereocenters. The molecule has 8 heteroatoms. The van der Waals surface area contributed by atoms with Crippen LogP contribution in [0.5, 0.6) is 0 Å². The van der Waals surface area contributed by atoms with Gasteiger partial charge in [-0.25, -0.2) is 9.59 Å². The Kier molecular flexibility index (Phi) is 6.43. The zero-order valence-corrected chi connectivity index (χ0v) is 19.6. The molecule has 0 radical (unpaired) electrons. The highest BCUT2D eigenvalue weighted by Gasteiger charge is 2.40. The predicted molar refractivity (Wildman–Crippen MR) is 127 cm³/mol. The van der Waals surface area contributed by atoms with Crippen molar-refractivity contribution in [2.45, 2.75) is 45.6 Å². The van der Waals surface area contributed by atoms with E-state index in [-0.39, 0.29) is 12.4 Å². The number of carbonyl (C=O) groups is 3. The minimum Gasteiger partial charge on any atom is -0.445 e. The largest absolute Gasteiger partial charge is 0.445 e. The molecule has 2 heterocycles. The van der Waals surface area contributed by atoms with E-state index < -0.39 is 29.9 Å². The summed E-state index contributed by atoms with van der Waals surface area (Å²) in [7, 11) is 0. The van der Waals surface area contributed by atoms with E-state index in [0.717, 1.165) is 10.9 Å². The van der Waals surface area contributed by atoms with Gasteiger partial charge in [-0.1, -0.05) is 42.5 Å². The molecule has 1 aliphatic rings. The Morgan fingerprint density at radius 1 is 1.03 bits per heavy atom. The maximum atomic E-state index is 13.3. The summed E-state index contributed by atoms with van der Waals surface area (Å²) >= 11 is 0. The van der Waals surface area contributed by atoms with Gasteiger partial charge in [0, 0.05) is 23.7 Å². The van der Waals surface area contributed by atoms with Crippen molar-refractivity contribution in [2.75, 3.05) is 6.54 Å². The summed E-state index contributed by atoms with van der Waals surface area (Å²) in [6, 6.07) is 16.3. The highest BCUT2D eigenvalue weighted by molar-refractivity contribution is 6.02. The third-order valence-electron chi connectivity index (χ3n) is 5.80. The Hall–Kier alpha value is -3.65. The first-order valence-corrected chi connectivity index (χ1v) is 11.3. The van der Waals surface area contributed by atoms with E-state index in [1.807, 2.05) is 30.3 Å². The van der Waals surface area contributed by atoms with Crippen molar-refractivity contribution >= 4 is 28.9 Å². The number of carbonyl (C=O) groups excluding carboxylic acids is 3. The second-order valence-corrected chi connectivity index (χ2v) is 9.42. The Morgan fingerprint density at radius 2 is 1.76 bits per heavy atom. The van der Waals surface area contributed by atoms with Gasteiger partial charge >= 0.3 is 12.2 Å². The first-order valence-electron chi connectivity index (χ1n) is 11.3. The van der Waals surface area contributed by atoms with Crippen LogP contribution in [-0.4, -0.2) is 45.7 Å². The van der Waals surface area contributed by atoms with Crippen molar-refractivity contribution < 1.29 is 23.9 Å². The van der Waals surface area contributed by atoms with Crippen LogP contribution in [0.4, 0.5) is 9.59 Å². The lowest BCUT2D eigenvalue weighted by Gasteiger charge is -2.23. The molecule has 1 aromatic heterocycles. The fraction of sp³-hybridized carbons (Fsp3) is 0.346. The van der Waals surface area contributed by atoms with Gasteiger partial charge in [-0.2, -0.15) is 0 Å². The van der Waals surface area contributed by atoms with Gasteiger partial charge in [0.1, 0.15) is 12.2 Å². The van der Waals surface area contributed by atoms with Crippen LogP contribution in [0.15, 0.2) is 60.8 Å². The molecule has 1 saturated heterocycles. The molecule has 34 heavy (non-hydrogen) atoms. The van der Waals surface area contributed by atoms with Crippen LogP contribution in [0.2, 0.25) is 0 Å². The van der Waals surface area contributed by atoms with Gasteiger partial charge in [0.15, 0.2) is 5.78 Å². The van der Waals surface area contributed by atoms with Crippen LogP contribution in [0, 0.1) is 5.92 Å². The molecule has 2 N–H and O–H groups in total. The van der Waals surface area contributed by atoms with E-state index >= 15 is 0 Å². The fourth-order valence-electron chi connectivity index (χ4n) is 4.08. The molecule has 0 bridgehead atoms. The van der Waals surface area contributed by atoms with E-state index in [0.29, 0.717) is 24.0 Å². The lowest BCUT2D eigenvalue weighted by molar-refractivity contribution is 0.0543. The molecule has 178 valence electrons. The maximum absolute atomic E-state index is 13.3. The highest BCUT2D eigenvalue weighted by Crippen LogP contribution is 2.28. The molecule has 0 saturated carbocycles. The topological polar surface area (TPSA) is 104 Å². The lowest BCUT2D eigenvalue weighted by atomic mass is 9.94. The summed E-state index contributed by atoms with van der Waals surface area (Å²) < 4.78 is 12.2. The van der Waals surface area contributed by atoms with Crippen LogP contribution >= 0.6 is 0 Å². The van der Waals surface area contributed by atoms with Crippen LogP contribution in [-0.2, 0) is 16.1 Å². The summed E-state index contributed by atoms with van der Waals surface area (Å²) in [5.74, 6) is -0.739. The minimum absolute atomic E-state index is 0.139. The summed E-state index contributed by atoms with van der Waals surface area (Å²) in [5.41, 5.74) is 7.53. The van der Waals surface area contributed by atoms with Gasteiger partial charge in [-0.3, -0.25) is 14.3 Å². The van der Waals surface area contributed by atoms with Gasteiger partial charge in [-0.05, 0) is 44.9 Å². The second-order valence-electron chi connectivity index (χ2n) is 9.42. The first-order chi connectivity index (χ1) is 16.1. The van der Waals surface area contributed by atoms with E-state index in [2.05, 4.69) is 0 Å². The van der Waals surface area contributed by atoms with Crippen LogP contribution in [0.1, 0.15) is 43.1 Å². The second kappa shape index (κ2) is 9.30. The highest BCUT2D eigenvalue weighted by atomic mass is 16.6. The number of nitrogens with zero attached hydrogens (tertiary/aromatic N) is 2. The molecule has 8 nitrogen and oxygen atoms in total. The number of aromatic nitrogens is 1. The molecule has 4 rings (SSSR count). The average molecular weight is 464 g/mol.